The van der Waals surface area contributed by atoms with Gasteiger partial charge in [0.05, 0.1) is 11.5 Å². The molecule has 0 aliphatic heterocycles. The summed E-state index contributed by atoms with van der Waals surface area (Å²) in [5, 5.41) is 16.3. The number of carbonyl (C=O) groups is 1. The minimum absolute atomic E-state index is 0.0238. The quantitative estimate of drug-likeness (QED) is 0.909. The average molecular weight is 329 g/mol. The number of carboxylic acids is 1. The number of hydrogen-bond acceptors (Lipinski definition) is 5. The van der Waals surface area contributed by atoms with Crippen LogP contribution in [0.3, 0.4) is 0 Å². The fourth-order valence-corrected chi connectivity index (χ4v) is 2.08. The maximum absolute atomic E-state index is 10.4. The SMILES string of the molecule is O=C(O)CSCc1nnc(-c2ccc(Br)cc2)o1. The van der Waals surface area contributed by atoms with Crippen LogP contribution in [0, 0.1) is 0 Å². The first-order chi connectivity index (χ1) is 8.65. The molecule has 1 N–H and O–H groups in total. The summed E-state index contributed by atoms with van der Waals surface area (Å²) in [7, 11) is 0. The van der Waals surface area contributed by atoms with E-state index in [4.69, 9.17) is 9.52 Å². The largest absolute Gasteiger partial charge is 0.481 e. The Kier molecular flexibility index (Phi) is 4.38. The third kappa shape index (κ3) is 3.58. The molecule has 1 aromatic carbocycles. The predicted octanol–water partition coefficient (Wildman–Crippen LogP) is 2.82. The van der Waals surface area contributed by atoms with Crippen molar-refractivity contribution in [1.29, 1.82) is 0 Å². The Morgan fingerprint density at radius 2 is 2.06 bits per heavy atom. The van der Waals surface area contributed by atoms with Gasteiger partial charge in [0.25, 0.3) is 0 Å². The highest BCUT2D eigenvalue weighted by Gasteiger charge is 2.09. The summed E-state index contributed by atoms with van der Waals surface area (Å²) in [6, 6.07) is 7.51. The number of thioether (sulfide) groups is 1. The fraction of sp³-hybridized carbons (Fsp3) is 0.182. The molecule has 94 valence electrons. The molecule has 1 aromatic heterocycles. The zero-order valence-corrected chi connectivity index (χ0v) is 11.6. The molecule has 5 nitrogen and oxygen atoms in total. The van der Waals surface area contributed by atoms with Crippen molar-refractivity contribution in [3.05, 3.63) is 34.6 Å². The molecule has 0 atom stereocenters. The minimum Gasteiger partial charge on any atom is -0.481 e. The van der Waals surface area contributed by atoms with E-state index in [0.717, 1.165) is 10.0 Å². The summed E-state index contributed by atoms with van der Waals surface area (Å²) in [4.78, 5) is 10.4. The molecule has 2 rings (SSSR count). The van der Waals surface area contributed by atoms with Crippen molar-refractivity contribution in [2.24, 2.45) is 0 Å². The summed E-state index contributed by atoms with van der Waals surface area (Å²) in [5.41, 5.74) is 0.834. The first kappa shape index (κ1) is 13.1. The lowest BCUT2D eigenvalue weighted by Gasteiger charge is -1.95. The molecule has 0 amide bonds. The number of aliphatic carboxylic acids is 1. The molecule has 0 aliphatic rings. The molecule has 2 aromatic rings. The highest BCUT2D eigenvalue weighted by molar-refractivity contribution is 9.10. The van der Waals surface area contributed by atoms with Crippen molar-refractivity contribution in [1.82, 2.24) is 10.2 Å². The van der Waals surface area contributed by atoms with Gasteiger partial charge in [-0.1, -0.05) is 15.9 Å². The van der Waals surface area contributed by atoms with E-state index in [2.05, 4.69) is 26.1 Å². The number of hydrogen-bond donors (Lipinski definition) is 1. The van der Waals surface area contributed by atoms with E-state index < -0.39 is 5.97 Å². The van der Waals surface area contributed by atoms with Gasteiger partial charge in [-0.2, -0.15) is 0 Å². The summed E-state index contributed by atoms with van der Waals surface area (Å²) >= 11 is 4.57. The highest BCUT2D eigenvalue weighted by Crippen LogP contribution is 2.21. The second-order valence-electron chi connectivity index (χ2n) is 3.39. The van der Waals surface area contributed by atoms with E-state index in [1.54, 1.807) is 0 Å². The lowest BCUT2D eigenvalue weighted by Crippen LogP contribution is -1.98. The van der Waals surface area contributed by atoms with Crippen molar-refractivity contribution in [2.75, 3.05) is 5.75 Å². The van der Waals surface area contributed by atoms with Crippen LogP contribution in [0.1, 0.15) is 5.89 Å². The Morgan fingerprint density at radius 3 is 2.72 bits per heavy atom. The zero-order chi connectivity index (χ0) is 13.0. The molecule has 0 bridgehead atoms. The van der Waals surface area contributed by atoms with Crippen molar-refractivity contribution >= 4 is 33.7 Å². The number of nitrogens with zero attached hydrogens (tertiary/aromatic N) is 2. The van der Waals surface area contributed by atoms with Gasteiger partial charge in [-0.3, -0.25) is 4.79 Å². The molecule has 0 saturated heterocycles. The molecule has 1 heterocycles. The maximum atomic E-state index is 10.4. The first-order valence-corrected chi connectivity index (χ1v) is 6.98. The lowest BCUT2D eigenvalue weighted by atomic mass is 10.2. The van der Waals surface area contributed by atoms with Crippen LogP contribution in [0.15, 0.2) is 33.2 Å². The molecule has 0 radical (unpaired) electrons. The van der Waals surface area contributed by atoms with Crippen LogP contribution in [-0.2, 0) is 10.5 Å². The molecular weight excluding hydrogens is 320 g/mol. The third-order valence-electron chi connectivity index (χ3n) is 2.01. The van der Waals surface area contributed by atoms with Gasteiger partial charge in [-0.25, -0.2) is 0 Å². The minimum atomic E-state index is -0.854. The topological polar surface area (TPSA) is 76.2 Å². The van der Waals surface area contributed by atoms with Crippen LogP contribution in [0.4, 0.5) is 0 Å². The van der Waals surface area contributed by atoms with Gasteiger partial charge in [0.2, 0.25) is 11.8 Å². The normalized spacial score (nSPS) is 10.5. The van der Waals surface area contributed by atoms with Crippen LogP contribution in [-0.4, -0.2) is 27.0 Å². The third-order valence-corrected chi connectivity index (χ3v) is 3.44. The summed E-state index contributed by atoms with van der Waals surface area (Å²) in [6.07, 6.45) is 0. The van der Waals surface area contributed by atoms with Crippen LogP contribution in [0.25, 0.3) is 11.5 Å². The van der Waals surface area contributed by atoms with Crippen molar-refractivity contribution in [3.8, 4) is 11.5 Å². The Balaban J connectivity index is 2.01. The molecule has 0 unspecified atom stereocenters. The van der Waals surface area contributed by atoms with E-state index in [0.29, 0.717) is 17.5 Å². The first-order valence-electron chi connectivity index (χ1n) is 5.03. The maximum Gasteiger partial charge on any atom is 0.313 e. The number of benzene rings is 1. The lowest BCUT2D eigenvalue weighted by molar-refractivity contribution is -0.133. The molecule has 0 fully saturated rings. The van der Waals surface area contributed by atoms with Crippen LogP contribution >= 0.6 is 27.7 Å². The fourth-order valence-electron chi connectivity index (χ4n) is 1.25. The number of halogens is 1. The Hall–Kier alpha value is -1.34. The monoisotopic (exact) mass is 328 g/mol. The van der Waals surface area contributed by atoms with Gasteiger partial charge < -0.3 is 9.52 Å². The standard InChI is InChI=1S/C11H9BrN2O3S/c12-8-3-1-7(2-4-8)11-14-13-9(17-11)5-18-6-10(15)16/h1-4H,5-6H2,(H,15,16). The summed E-state index contributed by atoms with van der Waals surface area (Å²) < 4.78 is 6.42. The van der Waals surface area contributed by atoms with Crippen LogP contribution < -0.4 is 0 Å². The Bertz CT molecular complexity index is 541. The van der Waals surface area contributed by atoms with E-state index in [9.17, 15) is 4.79 Å². The number of rotatable bonds is 5. The number of aromatic nitrogens is 2. The highest BCUT2D eigenvalue weighted by atomic mass is 79.9. The van der Waals surface area contributed by atoms with Crippen molar-refractivity contribution in [3.63, 3.8) is 0 Å². The van der Waals surface area contributed by atoms with Crippen LogP contribution in [0.2, 0.25) is 0 Å². The molecule has 18 heavy (non-hydrogen) atoms. The van der Waals surface area contributed by atoms with E-state index in [-0.39, 0.29) is 5.75 Å². The molecule has 0 saturated carbocycles. The van der Waals surface area contributed by atoms with E-state index >= 15 is 0 Å². The van der Waals surface area contributed by atoms with Gasteiger partial charge in [-0.15, -0.1) is 22.0 Å². The average Bonchev–Trinajstić information content (AvgIpc) is 2.78. The Labute approximate surface area is 116 Å². The van der Waals surface area contributed by atoms with E-state index in [1.807, 2.05) is 24.3 Å². The second-order valence-corrected chi connectivity index (χ2v) is 5.30. The van der Waals surface area contributed by atoms with Gasteiger partial charge >= 0.3 is 5.97 Å². The molecular formula is C11H9BrN2O3S. The van der Waals surface area contributed by atoms with Crippen molar-refractivity contribution in [2.45, 2.75) is 5.75 Å². The van der Waals surface area contributed by atoms with Gasteiger partial charge in [-0.05, 0) is 24.3 Å². The summed E-state index contributed by atoms with van der Waals surface area (Å²) in [6.45, 7) is 0. The summed E-state index contributed by atoms with van der Waals surface area (Å²) in [5.74, 6) is 0.437. The van der Waals surface area contributed by atoms with Crippen molar-refractivity contribution < 1.29 is 14.3 Å². The van der Waals surface area contributed by atoms with Gasteiger partial charge in [0.1, 0.15) is 0 Å². The Morgan fingerprint density at radius 1 is 1.33 bits per heavy atom. The van der Waals surface area contributed by atoms with Gasteiger partial charge in [0, 0.05) is 10.0 Å². The molecule has 7 heteroatoms. The van der Waals surface area contributed by atoms with E-state index in [1.165, 1.54) is 11.8 Å². The van der Waals surface area contributed by atoms with Crippen LogP contribution in [0.5, 0.6) is 0 Å². The molecule has 0 spiro atoms. The second kappa shape index (κ2) is 6.01. The number of carboxylic acid groups (broad SMARTS) is 1. The molecule has 0 aliphatic carbocycles. The smallest absolute Gasteiger partial charge is 0.313 e. The predicted molar refractivity (Wildman–Crippen MR) is 71.2 cm³/mol. The zero-order valence-electron chi connectivity index (χ0n) is 9.17. The van der Waals surface area contributed by atoms with Gasteiger partial charge in [0.15, 0.2) is 0 Å².